The van der Waals surface area contributed by atoms with Gasteiger partial charge < -0.3 is 5.73 Å². The van der Waals surface area contributed by atoms with Crippen LogP contribution in [0, 0.1) is 12.8 Å². The summed E-state index contributed by atoms with van der Waals surface area (Å²) >= 11 is 0. The van der Waals surface area contributed by atoms with Gasteiger partial charge in [-0.2, -0.15) is 5.10 Å². The predicted octanol–water partition coefficient (Wildman–Crippen LogP) is 2.20. The molecule has 3 nitrogen and oxygen atoms in total. The van der Waals surface area contributed by atoms with Crippen molar-refractivity contribution < 1.29 is 0 Å². The zero-order chi connectivity index (χ0) is 9.42. The minimum Gasteiger partial charge on any atom is -0.382 e. The highest BCUT2D eigenvalue weighted by Crippen LogP contribution is 2.39. The van der Waals surface area contributed by atoms with E-state index in [0.717, 1.165) is 11.5 Å². The van der Waals surface area contributed by atoms with Crippen molar-refractivity contribution in [3.8, 4) is 0 Å². The Labute approximate surface area is 78.7 Å². The molecule has 72 valence electrons. The first-order chi connectivity index (χ1) is 6.20. The monoisotopic (exact) mass is 179 g/mol. The van der Waals surface area contributed by atoms with Crippen LogP contribution in [0.15, 0.2) is 0 Å². The number of hydrogen-bond acceptors (Lipinski definition) is 2. The van der Waals surface area contributed by atoms with Gasteiger partial charge in [0.1, 0.15) is 5.82 Å². The number of aromatic nitrogens is 2. The van der Waals surface area contributed by atoms with E-state index in [1.54, 1.807) is 0 Å². The SMILES string of the molecule is Cc1c(N)n[nH]c1C(C)C1CCC1. The van der Waals surface area contributed by atoms with Gasteiger partial charge in [-0.1, -0.05) is 13.3 Å². The van der Waals surface area contributed by atoms with E-state index in [0.29, 0.717) is 11.7 Å². The van der Waals surface area contributed by atoms with Crippen LogP contribution < -0.4 is 5.73 Å². The topological polar surface area (TPSA) is 54.7 Å². The summed E-state index contributed by atoms with van der Waals surface area (Å²) in [4.78, 5) is 0. The maximum atomic E-state index is 5.70. The smallest absolute Gasteiger partial charge is 0.148 e. The van der Waals surface area contributed by atoms with Crippen molar-refractivity contribution in [2.24, 2.45) is 5.92 Å². The largest absolute Gasteiger partial charge is 0.382 e. The average Bonchev–Trinajstić information content (AvgIpc) is 2.29. The fourth-order valence-corrected chi connectivity index (χ4v) is 2.04. The molecular formula is C10H17N3. The molecule has 0 amide bonds. The normalized spacial score (nSPS) is 19.8. The fourth-order valence-electron chi connectivity index (χ4n) is 2.04. The molecule has 1 unspecified atom stereocenters. The number of nitrogens with one attached hydrogen (secondary N) is 1. The predicted molar refractivity (Wildman–Crippen MR) is 53.5 cm³/mol. The van der Waals surface area contributed by atoms with Crippen molar-refractivity contribution in [2.45, 2.75) is 39.0 Å². The lowest BCUT2D eigenvalue weighted by Crippen LogP contribution is -2.18. The molecule has 13 heavy (non-hydrogen) atoms. The summed E-state index contributed by atoms with van der Waals surface area (Å²) in [6.07, 6.45) is 4.11. The Morgan fingerprint density at radius 1 is 1.54 bits per heavy atom. The molecule has 1 aliphatic carbocycles. The first kappa shape index (κ1) is 8.60. The molecular weight excluding hydrogens is 162 g/mol. The second-order valence-electron chi connectivity index (χ2n) is 4.13. The Morgan fingerprint density at radius 3 is 2.62 bits per heavy atom. The van der Waals surface area contributed by atoms with Crippen LogP contribution in [-0.2, 0) is 0 Å². The fraction of sp³-hybridized carbons (Fsp3) is 0.700. The van der Waals surface area contributed by atoms with Crippen molar-refractivity contribution in [1.82, 2.24) is 10.2 Å². The highest BCUT2D eigenvalue weighted by molar-refractivity contribution is 5.42. The molecule has 1 saturated carbocycles. The molecule has 1 fully saturated rings. The minimum atomic E-state index is 0.596. The highest BCUT2D eigenvalue weighted by atomic mass is 15.2. The Balaban J connectivity index is 2.18. The standard InChI is InChI=1S/C10H17N3/c1-6(8-4-3-5-8)9-7(2)10(11)13-12-9/h6,8H,3-5H2,1-2H3,(H3,11,12,13). The Bertz CT molecular complexity index is 299. The summed E-state index contributed by atoms with van der Waals surface area (Å²) in [5.41, 5.74) is 8.07. The number of H-pyrrole nitrogens is 1. The van der Waals surface area contributed by atoms with Gasteiger partial charge in [0.25, 0.3) is 0 Å². The summed E-state index contributed by atoms with van der Waals surface area (Å²) in [5, 5.41) is 7.08. The number of nitrogens with two attached hydrogens (primary N) is 1. The van der Waals surface area contributed by atoms with Crippen molar-refractivity contribution in [3.05, 3.63) is 11.3 Å². The second kappa shape index (κ2) is 3.05. The first-order valence-electron chi connectivity index (χ1n) is 5.00. The van der Waals surface area contributed by atoms with Gasteiger partial charge >= 0.3 is 0 Å². The number of aromatic amines is 1. The average molecular weight is 179 g/mol. The maximum absolute atomic E-state index is 5.70. The number of hydrogen-bond donors (Lipinski definition) is 2. The zero-order valence-electron chi connectivity index (χ0n) is 8.30. The van der Waals surface area contributed by atoms with Crippen LogP contribution in [0.1, 0.15) is 43.4 Å². The van der Waals surface area contributed by atoms with E-state index in [1.165, 1.54) is 25.0 Å². The quantitative estimate of drug-likeness (QED) is 0.731. The molecule has 1 aromatic heterocycles. The number of nitrogens with zero attached hydrogens (tertiary/aromatic N) is 1. The van der Waals surface area contributed by atoms with Crippen LogP contribution in [-0.4, -0.2) is 10.2 Å². The van der Waals surface area contributed by atoms with Gasteiger partial charge in [-0.05, 0) is 25.7 Å². The zero-order valence-corrected chi connectivity index (χ0v) is 8.30. The van der Waals surface area contributed by atoms with Gasteiger partial charge in [0, 0.05) is 17.2 Å². The Morgan fingerprint density at radius 2 is 2.23 bits per heavy atom. The molecule has 1 atom stereocenters. The molecule has 3 N–H and O–H groups in total. The van der Waals surface area contributed by atoms with Crippen molar-refractivity contribution in [2.75, 3.05) is 5.73 Å². The van der Waals surface area contributed by atoms with Gasteiger partial charge in [0.2, 0.25) is 0 Å². The summed E-state index contributed by atoms with van der Waals surface area (Å²) in [6, 6.07) is 0. The molecule has 2 rings (SSSR count). The lowest BCUT2D eigenvalue weighted by molar-refractivity contribution is 0.268. The second-order valence-corrected chi connectivity index (χ2v) is 4.13. The number of nitrogen functional groups attached to an aromatic ring is 1. The number of anilines is 1. The van der Waals surface area contributed by atoms with Crippen LogP contribution in [0.2, 0.25) is 0 Å². The maximum Gasteiger partial charge on any atom is 0.148 e. The van der Waals surface area contributed by atoms with E-state index in [1.807, 2.05) is 6.92 Å². The summed E-state index contributed by atoms with van der Waals surface area (Å²) in [7, 11) is 0. The number of rotatable bonds is 2. The van der Waals surface area contributed by atoms with Gasteiger partial charge in [0.15, 0.2) is 0 Å². The van der Waals surface area contributed by atoms with E-state index in [9.17, 15) is 0 Å². The summed E-state index contributed by atoms with van der Waals surface area (Å²) in [6.45, 7) is 4.31. The lowest BCUT2D eigenvalue weighted by Gasteiger charge is -2.31. The molecule has 0 aromatic carbocycles. The van der Waals surface area contributed by atoms with Gasteiger partial charge in [-0.25, -0.2) is 0 Å². The highest BCUT2D eigenvalue weighted by Gasteiger charge is 2.27. The Hall–Kier alpha value is -0.990. The van der Waals surface area contributed by atoms with Crippen molar-refractivity contribution in [1.29, 1.82) is 0 Å². The molecule has 3 heteroatoms. The summed E-state index contributed by atoms with van der Waals surface area (Å²) < 4.78 is 0. The van der Waals surface area contributed by atoms with E-state index < -0.39 is 0 Å². The van der Waals surface area contributed by atoms with Crippen LogP contribution in [0.3, 0.4) is 0 Å². The van der Waals surface area contributed by atoms with Crippen LogP contribution in [0.4, 0.5) is 5.82 Å². The molecule has 1 heterocycles. The van der Waals surface area contributed by atoms with E-state index in [-0.39, 0.29) is 0 Å². The molecule has 0 saturated heterocycles. The minimum absolute atomic E-state index is 0.596. The van der Waals surface area contributed by atoms with Crippen LogP contribution in [0.5, 0.6) is 0 Å². The van der Waals surface area contributed by atoms with E-state index in [4.69, 9.17) is 5.73 Å². The molecule has 1 aromatic rings. The lowest BCUT2D eigenvalue weighted by atomic mass is 9.75. The van der Waals surface area contributed by atoms with E-state index in [2.05, 4.69) is 17.1 Å². The van der Waals surface area contributed by atoms with Gasteiger partial charge in [-0.15, -0.1) is 0 Å². The third kappa shape index (κ3) is 1.32. The third-order valence-corrected chi connectivity index (χ3v) is 3.40. The van der Waals surface area contributed by atoms with E-state index >= 15 is 0 Å². The molecule has 0 aliphatic heterocycles. The van der Waals surface area contributed by atoms with Crippen molar-refractivity contribution in [3.63, 3.8) is 0 Å². The van der Waals surface area contributed by atoms with Crippen LogP contribution >= 0.6 is 0 Å². The molecule has 0 radical (unpaired) electrons. The van der Waals surface area contributed by atoms with Crippen LogP contribution in [0.25, 0.3) is 0 Å². The Kier molecular flexibility index (Phi) is 2.02. The summed E-state index contributed by atoms with van der Waals surface area (Å²) in [5.74, 6) is 2.10. The molecule has 0 bridgehead atoms. The van der Waals surface area contributed by atoms with Gasteiger partial charge in [0.05, 0.1) is 0 Å². The van der Waals surface area contributed by atoms with Gasteiger partial charge in [-0.3, -0.25) is 5.10 Å². The van der Waals surface area contributed by atoms with Crippen molar-refractivity contribution >= 4 is 5.82 Å². The molecule has 0 spiro atoms. The first-order valence-corrected chi connectivity index (χ1v) is 5.00. The third-order valence-electron chi connectivity index (χ3n) is 3.40. The molecule has 1 aliphatic rings.